The number of aromatic nitrogens is 3. The third-order valence-corrected chi connectivity index (χ3v) is 2.41. The summed E-state index contributed by atoms with van der Waals surface area (Å²) in [6.07, 6.45) is 3.40. The fourth-order valence-corrected chi connectivity index (χ4v) is 1.67. The Morgan fingerprint density at radius 1 is 0.846 bits per heavy atom. The minimum absolute atomic E-state index is 1.00. The number of hydrogen-bond acceptors (Lipinski definition) is 4. The topological polar surface area (TPSA) is 38.7 Å². The minimum Gasteiger partial charge on any atom is -0.138 e. The first-order chi connectivity index (χ1) is 6.45. The Morgan fingerprint density at radius 3 is 2.23 bits per heavy atom. The number of benzene rings is 1. The van der Waals surface area contributed by atoms with E-state index in [0.717, 1.165) is 4.90 Å². The summed E-state index contributed by atoms with van der Waals surface area (Å²) in [4.78, 5) is 2.18. The van der Waals surface area contributed by atoms with Crippen LogP contribution in [0.5, 0.6) is 0 Å². The maximum absolute atomic E-state index is 3.70. The number of rotatable bonds is 2. The van der Waals surface area contributed by atoms with Crippen molar-refractivity contribution in [3.05, 3.63) is 42.7 Å². The molecule has 1 heterocycles. The molecule has 0 bridgehead atoms. The normalized spacial score (nSPS) is 9.85. The largest absolute Gasteiger partial charge is 0.138 e. The lowest BCUT2D eigenvalue weighted by molar-refractivity contribution is 0.837. The van der Waals surface area contributed by atoms with Crippen molar-refractivity contribution in [1.29, 1.82) is 0 Å². The first-order valence-electron chi connectivity index (χ1n) is 3.81. The molecule has 2 rings (SSSR count). The van der Waals surface area contributed by atoms with Crippen molar-refractivity contribution in [2.24, 2.45) is 0 Å². The molecular formula is C9H7N3S. The van der Waals surface area contributed by atoms with Crippen molar-refractivity contribution in [3.63, 3.8) is 0 Å². The summed E-state index contributed by atoms with van der Waals surface area (Å²) in [6, 6.07) is 10.1. The second kappa shape index (κ2) is 4.00. The minimum atomic E-state index is 1.00. The molecule has 0 unspecified atom stereocenters. The summed E-state index contributed by atoms with van der Waals surface area (Å²) in [5.74, 6) is 0. The molecule has 0 atom stereocenters. The molecule has 0 saturated carbocycles. The number of hydrogen-bond donors (Lipinski definition) is 0. The van der Waals surface area contributed by atoms with Crippen molar-refractivity contribution in [2.75, 3.05) is 0 Å². The summed E-state index contributed by atoms with van der Waals surface area (Å²) in [7, 11) is 0. The third kappa shape index (κ3) is 2.26. The second-order valence-electron chi connectivity index (χ2n) is 2.40. The highest BCUT2D eigenvalue weighted by Crippen LogP contribution is 2.24. The monoisotopic (exact) mass is 189 g/mol. The lowest BCUT2D eigenvalue weighted by Crippen LogP contribution is -1.84. The van der Waals surface area contributed by atoms with E-state index in [4.69, 9.17) is 0 Å². The van der Waals surface area contributed by atoms with Gasteiger partial charge in [-0.05, 0) is 17.3 Å². The molecule has 4 heteroatoms. The lowest BCUT2D eigenvalue weighted by atomic mass is 10.4. The molecule has 0 aliphatic heterocycles. The van der Waals surface area contributed by atoms with E-state index < -0.39 is 0 Å². The zero-order chi connectivity index (χ0) is 8.93. The van der Waals surface area contributed by atoms with Crippen LogP contribution >= 0.6 is 11.8 Å². The Morgan fingerprint density at radius 2 is 1.54 bits per heavy atom. The molecule has 0 aliphatic carbocycles. The van der Waals surface area contributed by atoms with E-state index in [1.54, 1.807) is 24.2 Å². The van der Waals surface area contributed by atoms with Gasteiger partial charge in [0.15, 0.2) is 0 Å². The van der Waals surface area contributed by atoms with Gasteiger partial charge in [-0.15, -0.1) is 10.2 Å². The van der Waals surface area contributed by atoms with Crippen molar-refractivity contribution in [2.45, 2.75) is 9.79 Å². The Labute approximate surface area is 80.2 Å². The Balaban J connectivity index is 2.16. The van der Waals surface area contributed by atoms with Crippen LogP contribution in [0, 0.1) is 0 Å². The van der Waals surface area contributed by atoms with E-state index in [-0.39, 0.29) is 0 Å². The quantitative estimate of drug-likeness (QED) is 0.724. The molecular weight excluding hydrogens is 182 g/mol. The molecule has 0 amide bonds. The van der Waals surface area contributed by atoms with Crippen molar-refractivity contribution >= 4 is 11.8 Å². The van der Waals surface area contributed by atoms with Crippen LogP contribution in [0.4, 0.5) is 0 Å². The molecule has 3 nitrogen and oxygen atoms in total. The predicted octanol–water partition coefficient (Wildman–Crippen LogP) is 2.02. The van der Waals surface area contributed by atoms with Gasteiger partial charge in [-0.3, -0.25) is 0 Å². The van der Waals surface area contributed by atoms with Crippen LogP contribution in [-0.2, 0) is 0 Å². The summed E-state index contributed by atoms with van der Waals surface area (Å²) in [5, 5.41) is 10.9. The van der Waals surface area contributed by atoms with E-state index in [1.165, 1.54) is 4.90 Å². The van der Waals surface area contributed by atoms with Crippen LogP contribution in [-0.4, -0.2) is 15.4 Å². The Bertz CT molecular complexity index is 326. The van der Waals surface area contributed by atoms with Gasteiger partial charge >= 0.3 is 0 Å². The van der Waals surface area contributed by atoms with E-state index in [1.807, 2.05) is 30.3 Å². The zero-order valence-electron chi connectivity index (χ0n) is 6.79. The molecule has 0 radical (unpaired) electrons. The van der Waals surface area contributed by atoms with E-state index >= 15 is 0 Å². The Kier molecular flexibility index (Phi) is 2.52. The van der Waals surface area contributed by atoms with Gasteiger partial charge in [0.1, 0.15) is 0 Å². The summed E-state index contributed by atoms with van der Waals surface area (Å²) >= 11 is 1.62. The molecule has 2 aromatic rings. The van der Waals surface area contributed by atoms with Crippen LogP contribution < -0.4 is 0 Å². The van der Waals surface area contributed by atoms with Crippen molar-refractivity contribution < 1.29 is 0 Å². The van der Waals surface area contributed by atoms with Gasteiger partial charge in [-0.2, -0.15) is 0 Å². The molecule has 0 fully saturated rings. The maximum Gasteiger partial charge on any atom is 0.0669 e. The van der Waals surface area contributed by atoms with Crippen LogP contribution in [0.1, 0.15) is 0 Å². The summed E-state index contributed by atoms with van der Waals surface area (Å²) in [5.41, 5.74) is 0. The molecule has 13 heavy (non-hydrogen) atoms. The molecule has 0 N–H and O–H groups in total. The van der Waals surface area contributed by atoms with Gasteiger partial charge < -0.3 is 0 Å². The van der Waals surface area contributed by atoms with Gasteiger partial charge in [-0.25, -0.2) is 0 Å². The molecule has 64 valence electrons. The highest BCUT2D eigenvalue weighted by Gasteiger charge is 1.95. The van der Waals surface area contributed by atoms with Gasteiger partial charge in [0.25, 0.3) is 0 Å². The first kappa shape index (κ1) is 8.19. The van der Waals surface area contributed by atoms with Gasteiger partial charge in [0.2, 0.25) is 0 Å². The molecule has 1 aromatic heterocycles. The van der Waals surface area contributed by atoms with Crippen LogP contribution in [0.2, 0.25) is 0 Å². The van der Waals surface area contributed by atoms with E-state index in [9.17, 15) is 0 Å². The molecule has 0 saturated heterocycles. The van der Waals surface area contributed by atoms with Gasteiger partial charge in [0.05, 0.1) is 17.3 Å². The summed E-state index contributed by atoms with van der Waals surface area (Å²) < 4.78 is 0. The van der Waals surface area contributed by atoms with Crippen molar-refractivity contribution in [1.82, 2.24) is 15.4 Å². The third-order valence-electron chi connectivity index (χ3n) is 1.45. The smallest absolute Gasteiger partial charge is 0.0669 e. The average Bonchev–Trinajstić information content (AvgIpc) is 2.21. The fourth-order valence-electron chi connectivity index (χ4n) is 0.906. The molecule has 0 aliphatic rings. The van der Waals surface area contributed by atoms with Crippen molar-refractivity contribution in [3.8, 4) is 0 Å². The SMILES string of the molecule is c1ccc(Sc2cnnnc2)cc1. The zero-order valence-corrected chi connectivity index (χ0v) is 7.61. The van der Waals surface area contributed by atoms with Crippen LogP contribution in [0.3, 0.4) is 0 Å². The number of nitrogens with zero attached hydrogens (tertiary/aromatic N) is 3. The van der Waals surface area contributed by atoms with Crippen LogP contribution in [0.25, 0.3) is 0 Å². The summed E-state index contributed by atoms with van der Waals surface area (Å²) in [6.45, 7) is 0. The second-order valence-corrected chi connectivity index (χ2v) is 3.54. The van der Waals surface area contributed by atoms with Gasteiger partial charge in [-0.1, -0.05) is 30.0 Å². The van der Waals surface area contributed by atoms with Crippen LogP contribution in [0.15, 0.2) is 52.5 Å². The lowest BCUT2D eigenvalue weighted by Gasteiger charge is -1.97. The van der Waals surface area contributed by atoms with E-state index in [2.05, 4.69) is 15.4 Å². The first-order valence-corrected chi connectivity index (χ1v) is 4.63. The van der Waals surface area contributed by atoms with E-state index in [0.29, 0.717) is 0 Å². The maximum atomic E-state index is 3.70. The average molecular weight is 189 g/mol. The molecule has 1 aromatic carbocycles. The highest BCUT2D eigenvalue weighted by atomic mass is 32.2. The standard InChI is InChI=1S/C9H7N3S/c1-2-4-8(5-3-1)13-9-6-10-12-11-7-9/h1-7H. The fraction of sp³-hybridized carbons (Fsp3) is 0. The van der Waals surface area contributed by atoms with Gasteiger partial charge in [0, 0.05) is 4.90 Å². The molecule has 0 spiro atoms. The highest BCUT2D eigenvalue weighted by molar-refractivity contribution is 7.99. The predicted molar refractivity (Wildman–Crippen MR) is 50.4 cm³/mol. The Hall–Kier alpha value is -1.42.